The molecule has 2 fully saturated rings. The van der Waals surface area contributed by atoms with Gasteiger partial charge in [-0.05, 0) is 91.9 Å². The first kappa shape index (κ1) is 71.4. The Bertz CT molecular complexity index is 3760. The molecule has 0 aliphatic carbocycles. The van der Waals surface area contributed by atoms with E-state index in [0.717, 1.165) is 5.52 Å². The van der Waals surface area contributed by atoms with Gasteiger partial charge in [0, 0.05) is 91.2 Å². The van der Waals surface area contributed by atoms with E-state index in [0.29, 0.717) is 58.1 Å². The first-order valence-electron chi connectivity index (χ1n) is 32.0. The number of carbonyl (C=O) groups excluding carboxylic acids is 11. The molecular formula is C66H85N17O13. The molecule has 0 bridgehead atoms. The number of phenols is 1. The van der Waals surface area contributed by atoms with Crippen molar-refractivity contribution in [3.05, 3.63) is 120 Å². The molecule has 9 amide bonds. The van der Waals surface area contributed by atoms with Crippen molar-refractivity contribution in [2.75, 3.05) is 32.8 Å². The van der Waals surface area contributed by atoms with E-state index < -0.39 is 126 Å². The van der Waals surface area contributed by atoms with Crippen LogP contribution in [0.5, 0.6) is 5.75 Å². The van der Waals surface area contributed by atoms with Gasteiger partial charge in [-0.1, -0.05) is 62.4 Å². The Kier molecular flexibility index (Phi) is 25.3. The Hall–Kier alpha value is -10.5. The van der Waals surface area contributed by atoms with Crippen molar-refractivity contribution >= 4 is 92.5 Å². The highest BCUT2D eigenvalue weighted by Crippen LogP contribution is 2.24. The number of nitrogens with one attached hydrogen (secondary N) is 13. The molecule has 9 unspecified atom stereocenters. The van der Waals surface area contributed by atoms with Gasteiger partial charge in [-0.2, -0.15) is 0 Å². The third kappa shape index (κ3) is 20.3. The second-order valence-electron chi connectivity index (χ2n) is 24.7. The molecule has 2 aliphatic heterocycles. The van der Waals surface area contributed by atoms with Crippen molar-refractivity contribution in [3.63, 3.8) is 0 Å². The highest BCUT2D eigenvalue weighted by molar-refractivity contribution is 6.00. The van der Waals surface area contributed by atoms with Crippen LogP contribution in [0.4, 0.5) is 0 Å². The highest BCUT2D eigenvalue weighted by atomic mass is 16.3. The zero-order chi connectivity index (χ0) is 69.0. The number of fused-ring (bicyclic) bond motifs is 2. The lowest BCUT2D eigenvalue weighted by atomic mass is 9.92. The summed E-state index contributed by atoms with van der Waals surface area (Å²) in [5.74, 6) is -9.37. The van der Waals surface area contributed by atoms with Crippen molar-refractivity contribution in [3.8, 4) is 5.75 Å². The maximum atomic E-state index is 15.1. The summed E-state index contributed by atoms with van der Waals surface area (Å²) in [6.45, 7) is 2.47. The van der Waals surface area contributed by atoms with Gasteiger partial charge in [0.05, 0.1) is 50.1 Å². The van der Waals surface area contributed by atoms with Gasteiger partial charge in [0.1, 0.15) is 36.0 Å². The number of likely N-dealkylation sites (tertiary alicyclic amines) is 1. The summed E-state index contributed by atoms with van der Waals surface area (Å²) in [6, 6.07) is 9.77. The number of ketones is 2. The molecule has 0 spiro atoms. The van der Waals surface area contributed by atoms with E-state index in [-0.39, 0.29) is 101 Å². The third-order valence-corrected chi connectivity index (χ3v) is 17.0. The lowest BCUT2D eigenvalue weighted by Crippen LogP contribution is -2.61. The molecule has 30 heteroatoms. The van der Waals surface area contributed by atoms with Crippen LogP contribution in [0.1, 0.15) is 87.6 Å². The van der Waals surface area contributed by atoms with Crippen molar-refractivity contribution in [2.45, 2.75) is 139 Å². The van der Waals surface area contributed by atoms with Crippen molar-refractivity contribution < 1.29 is 63.0 Å². The number of amides is 9. The first-order chi connectivity index (χ1) is 46.0. The molecule has 0 radical (unpaired) electrons. The summed E-state index contributed by atoms with van der Waals surface area (Å²) < 4.78 is 0. The number of phenolic OH excluding ortho intramolecular Hbond substituents is 1. The molecule has 96 heavy (non-hydrogen) atoms. The SMILES string of the molecule is CC(C)CC(NC(=O)C(Cc1c[nH]c2ccccc12)NC(=O)C(Cc1ccc(O)cc1)NC(=O)C(CO)NC(=O)C(Cc1c[nH]c2ccccc12)NC(=O)C(CC(=O)C1CCC(=O)N1)Cc1cnc[nH]1)C(=O)NC(CCCNC(=N)N)C(=O)CN1CCCC1C(=O)NCC(N)=O. The fraction of sp³-hybridized carbons (Fsp3) is 0.439. The number of hydrogen-bond donors (Lipinski definition) is 17. The number of nitrogens with two attached hydrogens (primary N) is 2. The van der Waals surface area contributed by atoms with E-state index in [9.17, 15) is 53.4 Å². The Labute approximate surface area is 552 Å². The number of aromatic nitrogens is 4. The first-order valence-corrected chi connectivity index (χ1v) is 32.0. The van der Waals surface area contributed by atoms with Gasteiger partial charge in [-0.3, -0.25) is 63.0 Å². The van der Waals surface area contributed by atoms with E-state index in [1.54, 1.807) is 41.6 Å². The predicted octanol–water partition coefficient (Wildman–Crippen LogP) is -0.952. The van der Waals surface area contributed by atoms with E-state index in [2.05, 4.69) is 67.8 Å². The molecule has 2 saturated heterocycles. The lowest BCUT2D eigenvalue weighted by molar-refractivity contribution is -0.136. The zero-order valence-electron chi connectivity index (χ0n) is 53.5. The Morgan fingerprint density at radius 3 is 1.80 bits per heavy atom. The largest absolute Gasteiger partial charge is 0.508 e. The number of rotatable bonds is 36. The van der Waals surface area contributed by atoms with Gasteiger partial charge in [-0.15, -0.1) is 0 Å². The summed E-state index contributed by atoms with van der Waals surface area (Å²) in [6.07, 6.45) is 6.96. The summed E-state index contributed by atoms with van der Waals surface area (Å²) in [4.78, 5) is 168. The number of aromatic hydroxyl groups is 1. The molecule has 3 aromatic heterocycles. The van der Waals surface area contributed by atoms with Gasteiger partial charge in [0.2, 0.25) is 53.2 Å². The maximum Gasteiger partial charge on any atom is 0.245 e. The Balaban J connectivity index is 1.04. The third-order valence-electron chi connectivity index (χ3n) is 17.0. The number of benzene rings is 3. The van der Waals surface area contributed by atoms with Crippen LogP contribution in [0, 0.1) is 17.2 Å². The molecule has 2 aliphatic rings. The monoisotopic (exact) mass is 1320 g/mol. The Morgan fingerprint density at radius 1 is 0.677 bits per heavy atom. The molecule has 6 aromatic rings. The minimum Gasteiger partial charge on any atom is -0.508 e. The van der Waals surface area contributed by atoms with Crippen LogP contribution in [-0.4, -0.2) is 187 Å². The number of nitrogens with zero attached hydrogens (tertiary/aromatic N) is 2. The number of carbonyl (C=O) groups is 11. The number of aliphatic hydroxyl groups excluding tert-OH is 1. The second kappa shape index (κ2) is 34.1. The molecule has 3 aromatic carbocycles. The van der Waals surface area contributed by atoms with Crippen LogP contribution in [-0.2, 0) is 78.4 Å². The molecule has 19 N–H and O–H groups in total. The molecule has 30 nitrogen and oxygen atoms in total. The van der Waals surface area contributed by atoms with E-state index in [4.69, 9.17) is 16.9 Å². The highest BCUT2D eigenvalue weighted by Gasteiger charge is 2.38. The minimum absolute atomic E-state index is 0.0107. The van der Waals surface area contributed by atoms with Crippen LogP contribution in [0.2, 0.25) is 0 Å². The normalized spacial score (nSPS) is 16.8. The minimum atomic E-state index is -1.78. The second-order valence-corrected chi connectivity index (χ2v) is 24.7. The number of H-pyrrole nitrogens is 3. The van der Waals surface area contributed by atoms with Crippen LogP contribution in [0.15, 0.2) is 97.7 Å². The fourth-order valence-corrected chi connectivity index (χ4v) is 12.0. The van der Waals surface area contributed by atoms with E-state index >= 15 is 9.59 Å². The number of imidazole rings is 1. The number of guanidine groups is 1. The van der Waals surface area contributed by atoms with Gasteiger partial charge < -0.3 is 84.5 Å². The van der Waals surface area contributed by atoms with Crippen molar-refractivity contribution in [1.29, 1.82) is 5.41 Å². The number of hydrogen-bond acceptors (Lipinski definition) is 16. The molecule has 512 valence electrons. The predicted molar refractivity (Wildman–Crippen MR) is 351 cm³/mol. The van der Waals surface area contributed by atoms with E-state index in [1.807, 2.05) is 38.1 Å². The summed E-state index contributed by atoms with van der Waals surface area (Å²) in [5, 5.41) is 54.4. The van der Waals surface area contributed by atoms with Crippen LogP contribution < -0.4 is 59.3 Å². The number of aliphatic hydroxyl groups is 1. The van der Waals surface area contributed by atoms with Gasteiger partial charge >= 0.3 is 0 Å². The van der Waals surface area contributed by atoms with Crippen LogP contribution in [0.25, 0.3) is 21.8 Å². The van der Waals surface area contributed by atoms with Crippen molar-refractivity contribution in [2.24, 2.45) is 23.3 Å². The molecule has 9 atom stereocenters. The number of Topliss-reactive ketones (excluding diaryl/α,β-unsaturated/α-hetero) is 2. The average Bonchev–Trinajstić information content (AvgIpc) is 1.65. The van der Waals surface area contributed by atoms with Gasteiger partial charge in [-0.25, -0.2) is 4.98 Å². The fourth-order valence-electron chi connectivity index (χ4n) is 12.0. The molecule has 8 rings (SSSR count). The number of aromatic amines is 3. The van der Waals surface area contributed by atoms with Crippen molar-refractivity contribution in [1.82, 2.24) is 72.7 Å². The van der Waals surface area contributed by atoms with Crippen LogP contribution >= 0.6 is 0 Å². The van der Waals surface area contributed by atoms with Gasteiger partial charge in [0.15, 0.2) is 17.5 Å². The Morgan fingerprint density at radius 2 is 1.24 bits per heavy atom. The maximum absolute atomic E-state index is 15.1. The lowest BCUT2D eigenvalue weighted by Gasteiger charge is -2.29. The number of primary amides is 1. The zero-order valence-corrected chi connectivity index (χ0v) is 53.5. The quantitative estimate of drug-likeness (QED) is 0.0128. The molecular weight excluding hydrogens is 1240 g/mol. The standard InChI is InChI=1S/C66H85N17O13/c1-36(2)23-49(60(91)77-47(13-7-21-71-66(68)69)56(87)33-83-22-8-14-54(83)65(96)74-32-57(67)88)79-62(93)52(27-40-30-73-46-12-6-4-10-44(40)46)81-61(92)50(24-37-15-17-42(85)18-16-37)80-64(95)53(34-84)82-63(94)51(26-39-29-72-45-11-5-3-9-43(39)45)78-59(90)38(25-41-31-70-35-75-41)28-55(86)48-19-20-58(89)76-48/h3-6,9-12,15-18,29-31,35-36,38,47-54,72-73,84-85H,7-8,13-14,19-28,32-34H2,1-2H3,(H2,67,88)(H,70,75)(H,74,96)(H,76,89)(H,77,91)(H,78,90)(H,79,93)(H,80,95)(H,81,92)(H,82,94)(H4,68,69,71). The summed E-state index contributed by atoms with van der Waals surface area (Å²) in [7, 11) is 0. The molecule has 0 saturated carbocycles. The van der Waals surface area contributed by atoms with E-state index in [1.165, 1.54) is 36.8 Å². The van der Waals surface area contributed by atoms with Gasteiger partial charge in [0.25, 0.3) is 0 Å². The smallest absolute Gasteiger partial charge is 0.245 e. The van der Waals surface area contributed by atoms with Crippen LogP contribution in [0.3, 0.4) is 0 Å². The molecule has 5 heterocycles. The number of para-hydroxylation sites is 2. The topological polar surface area (TPSA) is 476 Å². The average molecular weight is 1320 g/mol. The summed E-state index contributed by atoms with van der Waals surface area (Å²) in [5.41, 5.74) is 14.3. The summed E-state index contributed by atoms with van der Waals surface area (Å²) >= 11 is 0.